The molecule has 0 unspecified atom stereocenters. The number of aliphatic carboxylic acids is 1. The number of nitrogens with one attached hydrogen (secondary N) is 1. The Labute approximate surface area is 176 Å². The Kier molecular flexibility index (Phi) is 6.31. The summed E-state index contributed by atoms with van der Waals surface area (Å²) in [6, 6.07) is 8.07. The molecule has 8 nitrogen and oxygen atoms in total. The summed E-state index contributed by atoms with van der Waals surface area (Å²) in [5.74, 6) is -1.12. The number of benzene rings is 1. The Bertz CT molecular complexity index is 1200. The lowest BCUT2D eigenvalue weighted by Gasteiger charge is -2.14. The van der Waals surface area contributed by atoms with Gasteiger partial charge in [-0.05, 0) is 26.3 Å². The van der Waals surface area contributed by atoms with Gasteiger partial charge < -0.3 is 10.4 Å². The van der Waals surface area contributed by atoms with Crippen LogP contribution in [0.5, 0.6) is 0 Å². The fourth-order valence-corrected chi connectivity index (χ4v) is 4.26. The van der Waals surface area contributed by atoms with Crippen molar-refractivity contribution in [3.63, 3.8) is 0 Å². The minimum atomic E-state index is -1.10. The van der Waals surface area contributed by atoms with Gasteiger partial charge in [0.2, 0.25) is 5.91 Å². The van der Waals surface area contributed by atoms with E-state index in [0.717, 1.165) is 10.1 Å². The van der Waals surface area contributed by atoms with E-state index in [2.05, 4.69) is 5.32 Å². The van der Waals surface area contributed by atoms with Crippen LogP contribution in [-0.2, 0) is 21.8 Å². The molecule has 9 heteroatoms. The number of nitrogens with zero attached hydrogens (tertiary/aromatic N) is 2. The molecule has 1 aromatic carbocycles. The lowest BCUT2D eigenvalue weighted by molar-refractivity contribution is -0.141. The van der Waals surface area contributed by atoms with Crippen molar-refractivity contribution in [1.82, 2.24) is 14.3 Å². The van der Waals surface area contributed by atoms with Crippen molar-refractivity contribution in [2.45, 2.75) is 39.0 Å². The summed E-state index contributed by atoms with van der Waals surface area (Å²) >= 11 is 1.26. The van der Waals surface area contributed by atoms with Crippen LogP contribution in [-0.4, -0.2) is 37.8 Å². The molecule has 2 N–H and O–H groups in total. The third-order valence-corrected chi connectivity index (χ3v) is 6.11. The fraction of sp³-hybridized carbons (Fsp3) is 0.333. The normalized spacial score (nSPS) is 12.2. The van der Waals surface area contributed by atoms with Gasteiger partial charge in [0.1, 0.15) is 6.04 Å². The second-order valence-electron chi connectivity index (χ2n) is 7.16. The minimum absolute atomic E-state index is 0.0348. The number of fused-ring (bicyclic) bond motifs is 1. The van der Waals surface area contributed by atoms with E-state index in [9.17, 15) is 24.3 Å². The van der Waals surface area contributed by atoms with Crippen LogP contribution in [0.1, 0.15) is 28.1 Å². The molecule has 1 atom stereocenters. The highest BCUT2D eigenvalue weighted by atomic mass is 32.2. The predicted octanol–water partition coefficient (Wildman–Crippen LogP) is 1.17. The molecule has 3 aromatic rings. The van der Waals surface area contributed by atoms with E-state index in [1.165, 1.54) is 11.8 Å². The molecule has 0 bridgehead atoms. The minimum Gasteiger partial charge on any atom is -0.480 e. The summed E-state index contributed by atoms with van der Waals surface area (Å²) in [4.78, 5) is 48.5. The van der Waals surface area contributed by atoms with E-state index in [1.807, 2.05) is 30.3 Å². The van der Waals surface area contributed by atoms with Gasteiger partial charge in [0.05, 0.1) is 11.4 Å². The fourth-order valence-electron chi connectivity index (χ4n) is 3.36. The van der Waals surface area contributed by atoms with Crippen molar-refractivity contribution in [2.75, 3.05) is 5.75 Å². The number of aromatic nitrogens is 2. The Morgan fingerprint density at radius 1 is 1.03 bits per heavy atom. The zero-order valence-corrected chi connectivity index (χ0v) is 17.8. The van der Waals surface area contributed by atoms with E-state index < -0.39 is 17.9 Å². The van der Waals surface area contributed by atoms with Gasteiger partial charge in [-0.1, -0.05) is 30.3 Å². The second-order valence-corrected chi connectivity index (χ2v) is 8.14. The molecule has 30 heavy (non-hydrogen) atoms. The molecule has 2 aromatic heterocycles. The molecule has 0 spiro atoms. The summed E-state index contributed by atoms with van der Waals surface area (Å²) in [6.07, 6.45) is 0.194. The molecule has 158 valence electrons. The number of carbonyl (C=O) groups excluding carboxylic acids is 1. The number of carbonyl (C=O) groups is 2. The molecule has 0 saturated heterocycles. The summed E-state index contributed by atoms with van der Waals surface area (Å²) < 4.78 is 2.73. The van der Waals surface area contributed by atoms with Gasteiger partial charge in [-0.15, -0.1) is 11.8 Å². The average molecular weight is 429 g/mol. The first-order chi connectivity index (χ1) is 14.2. The van der Waals surface area contributed by atoms with Crippen LogP contribution in [0.15, 0.2) is 39.9 Å². The highest BCUT2D eigenvalue weighted by Gasteiger charge is 2.22. The van der Waals surface area contributed by atoms with Crippen LogP contribution in [0.2, 0.25) is 0 Å². The molecule has 0 saturated carbocycles. The van der Waals surface area contributed by atoms with E-state index in [-0.39, 0.29) is 23.3 Å². The molecule has 1 amide bonds. The first kappa shape index (κ1) is 21.6. The molecule has 0 aliphatic carbocycles. The highest BCUT2D eigenvalue weighted by Crippen LogP contribution is 2.16. The number of thioether (sulfide) groups is 1. The Morgan fingerprint density at radius 3 is 2.30 bits per heavy atom. The summed E-state index contributed by atoms with van der Waals surface area (Å²) in [5, 5.41) is 12.0. The van der Waals surface area contributed by atoms with Crippen LogP contribution in [0.4, 0.5) is 0 Å². The molecule has 0 aliphatic rings. The second kappa shape index (κ2) is 8.74. The Balaban J connectivity index is 1.66. The smallest absolute Gasteiger partial charge is 0.326 e. The van der Waals surface area contributed by atoms with Crippen LogP contribution in [0.25, 0.3) is 0 Å². The third kappa shape index (κ3) is 4.11. The van der Waals surface area contributed by atoms with E-state index in [4.69, 9.17) is 0 Å². The van der Waals surface area contributed by atoms with Gasteiger partial charge >= 0.3 is 5.97 Å². The van der Waals surface area contributed by atoms with Crippen molar-refractivity contribution >= 4 is 23.6 Å². The lowest BCUT2D eigenvalue weighted by atomic mass is 10.1. The molecular weight excluding hydrogens is 406 g/mol. The average Bonchev–Trinajstić information content (AvgIpc) is 3.09. The van der Waals surface area contributed by atoms with E-state index in [0.29, 0.717) is 28.3 Å². The van der Waals surface area contributed by atoms with Gasteiger partial charge in [-0.3, -0.25) is 18.9 Å². The quantitative estimate of drug-likeness (QED) is 0.556. The van der Waals surface area contributed by atoms with Gasteiger partial charge in [-0.2, -0.15) is 4.52 Å². The topological polar surface area (TPSA) is 109 Å². The molecule has 3 rings (SSSR count). The first-order valence-electron chi connectivity index (χ1n) is 9.42. The largest absolute Gasteiger partial charge is 0.480 e. The maximum atomic E-state index is 12.4. The summed E-state index contributed by atoms with van der Waals surface area (Å²) in [6.45, 7) is 5.11. The van der Waals surface area contributed by atoms with Crippen LogP contribution >= 0.6 is 11.8 Å². The Morgan fingerprint density at radius 2 is 1.67 bits per heavy atom. The summed E-state index contributed by atoms with van der Waals surface area (Å²) in [5.41, 5.74) is 2.47. The van der Waals surface area contributed by atoms with Crippen molar-refractivity contribution in [3.8, 4) is 0 Å². The zero-order valence-electron chi connectivity index (χ0n) is 17.0. The highest BCUT2D eigenvalue weighted by molar-refractivity contribution is 7.99. The molecule has 2 heterocycles. The number of hydrogen-bond donors (Lipinski definition) is 2. The van der Waals surface area contributed by atoms with Gasteiger partial charge in [0.25, 0.3) is 11.1 Å². The number of carboxylic acid groups (broad SMARTS) is 1. The van der Waals surface area contributed by atoms with Crippen molar-refractivity contribution in [2.24, 2.45) is 0 Å². The van der Waals surface area contributed by atoms with Crippen molar-refractivity contribution < 1.29 is 14.7 Å². The van der Waals surface area contributed by atoms with E-state index >= 15 is 0 Å². The Hall–Kier alpha value is -3.07. The number of aryl methyl sites for hydroxylation is 1. The maximum absolute atomic E-state index is 12.4. The van der Waals surface area contributed by atoms with Crippen LogP contribution in [0.3, 0.4) is 0 Å². The number of rotatable bonds is 8. The standard InChI is InChI=1S/C21H23N3O5S/c1-12-14(3)23-17(13(2)20(27)24(23)19(12)26)10-30-11-18(25)22-16(21(28)29)9-15-7-5-4-6-8-15/h4-8,16H,9-11H2,1-3H3,(H,22,25)(H,28,29)/t16-/m0/s1. The van der Waals surface area contributed by atoms with Gasteiger partial charge in [0, 0.05) is 29.0 Å². The van der Waals surface area contributed by atoms with Crippen LogP contribution in [0, 0.1) is 20.8 Å². The molecule has 0 radical (unpaired) electrons. The number of amides is 1. The number of carboxylic acids is 1. The number of hydrogen-bond acceptors (Lipinski definition) is 5. The summed E-state index contributed by atoms with van der Waals surface area (Å²) in [7, 11) is 0. The third-order valence-electron chi connectivity index (χ3n) is 5.16. The van der Waals surface area contributed by atoms with Crippen molar-refractivity contribution in [3.05, 3.63) is 79.1 Å². The van der Waals surface area contributed by atoms with Crippen LogP contribution < -0.4 is 16.4 Å². The molecule has 0 fully saturated rings. The predicted molar refractivity (Wildman–Crippen MR) is 115 cm³/mol. The maximum Gasteiger partial charge on any atom is 0.326 e. The lowest BCUT2D eigenvalue weighted by Crippen LogP contribution is -2.43. The monoisotopic (exact) mass is 429 g/mol. The SMILES string of the molecule is Cc1c(C)n2c(CSCC(=O)N[C@@H](Cc3ccccc3)C(=O)O)c(C)c(=O)n2c1=O. The zero-order chi connectivity index (χ0) is 22.0. The first-order valence-corrected chi connectivity index (χ1v) is 10.6. The van der Waals surface area contributed by atoms with Crippen molar-refractivity contribution in [1.29, 1.82) is 0 Å². The molecule has 0 aliphatic heterocycles. The molecular formula is C21H23N3O5S. The van der Waals surface area contributed by atoms with Gasteiger partial charge in [-0.25, -0.2) is 4.79 Å². The van der Waals surface area contributed by atoms with E-state index in [1.54, 1.807) is 25.3 Å². The van der Waals surface area contributed by atoms with Gasteiger partial charge in [0.15, 0.2) is 0 Å².